The highest BCUT2D eigenvalue weighted by Crippen LogP contribution is 2.21. The Hall–Kier alpha value is -5.16. The zero-order valence-corrected chi connectivity index (χ0v) is 48.2. The molecule has 460 valence electrons. The lowest BCUT2D eigenvalue weighted by Crippen LogP contribution is -2.41. The van der Waals surface area contributed by atoms with E-state index in [0.29, 0.717) is 19.4 Å². The Balaban J connectivity index is 2.31. The van der Waals surface area contributed by atoms with Gasteiger partial charge in [-0.2, -0.15) is 0 Å². The minimum Gasteiger partial charge on any atom is -0.393 e. The number of nitrogens with two attached hydrogens (primary N) is 1. The molecule has 0 saturated heterocycles. The van der Waals surface area contributed by atoms with Gasteiger partial charge in [0.05, 0.1) is 73.2 Å². The first kappa shape index (κ1) is 74.9. The second-order valence-electron chi connectivity index (χ2n) is 21.3. The van der Waals surface area contributed by atoms with Crippen molar-refractivity contribution in [2.75, 3.05) is 6.54 Å². The van der Waals surface area contributed by atoms with Crippen LogP contribution in [0.4, 0.5) is 0 Å². The van der Waals surface area contributed by atoms with Gasteiger partial charge in [-0.25, -0.2) is 0 Å². The Morgan fingerprint density at radius 1 is 0.512 bits per heavy atom. The van der Waals surface area contributed by atoms with Crippen LogP contribution < -0.4 is 11.1 Å². The number of Topliss-reactive ketones (excluding diaryl/α,β-unsaturated/α-hetero) is 3. The first-order valence-corrected chi connectivity index (χ1v) is 28.8. The minimum absolute atomic E-state index is 0.0598. The third kappa shape index (κ3) is 37.1. The first-order valence-electron chi connectivity index (χ1n) is 28.8. The van der Waals surface area contributed by atoms with E-state index in [1.807, 2.05) is 37.3 Å². The second kappa shape index (κ2) is 45.3. The average Bonchev–Trinajstić information content (AvgIpc) is 3.73. The predicted octanol–water partition coefficient (Wildman–Crippen LogP) is 4.31. The molecule has 15 unspecified atom stereocenters. The smallest absolute Gasteiger partial charge is 0.244 e. The SMILES string of the molecule is CC(C=CCC/C=C/C=C/C=CC=CC(=O)NC1C(=O)CCC1=O)C(O)C(C)C(O)C=CC=CC=CC=CC=CCC(O)C(C)C(=O)CC(O)CC(O)CC(O)C=CCC(O)CC(O)CC(O)CC(O)C=CCC(O)CC(O)CCCN. The molecule has 0 aromatic carbocycles. The summed E-state index contributed by atoms with van der Waals surface area (Å²) >= 11 is 0. The summed E-state index contributed by atoms with van der Waals surface area (Å²) in [5.74, 6) is -2.78. The van der Waals surface area contributed by atoms with Gasteiger partial charge in [0, 0.05) is 55.9 Å². The summed E-state index contributed by atoms with van der Waals surface area (Å²) < 4.78 is 0. The summed E-state index contributed by atoms with van der Waals surface area (Å²) in [6.45, 7) is 5.70. The summed E-state index contributed by atoms with van der Waals surface area (Å²) in [4.78, 5) is 47.9. The molecule has 1 rings (SSSR count). The lowest BCUT2D eigenvalue weighted by molar-refractivity contribution is -0.129. The Kier molecular flexibility index (Phi) is 41.3. The van der Waals surface area contributed by atoms with Gasteiger partial charge in [0.25, 0.3) is 0 Å². The molecule has 0 aliphatic heterocycles. The van der Waals surface area contributed by atoms with Crippen molar-refractivity contribution in [2.24, 2.45) is 23.5 Å². The quantitative estimate of drug-likeness (QED) is 0.0133. The van der Waals surface area contributed by atoms with Crippen LogP contribution in [-0.4, -0.2) is 170 Å². The van der Waals surface area contributed by atoms with Gasteiger partial charge < -0.3 is 72.3 Å². The molecule has 18 heteroatoms. The maximum atomic E-state index is 12.8. The van der Waals surface area contributed by atoms with E-state index in [9.17, 15) is 80.5 Å². The van der Waals surface area contributed by atoms with Crippen LogP contribution in [0.1, 0.15) is 124 Å². The molecule has 1 aliphatic carbocycles. The molecular weight excluding hydrogens is 1050 g/mol. The van der Waals surface area contributed by atoms with Crippen LogP contribution in [0, 0.1) is 17.8 Å². The first-order chi connectivity index (χ1) is 39.0. The second-order valence-corrected chi connectivity index (χ2v) is 21.3. The zero-order chi connectivity index (χ0) is 61.2. The van der Waals surface area contributed by atoms with E-state index < -0.39 is 97.0 Å². The zero-order valence-electron chi connectivity index (χ0n) is 48.2. The van der Waals surface area contributed by atoms with E-state index in [1.54, 1.807) is 98.9 Å². The van der Waals surface area contributed by atoms with Crippen LogP contribution in [0.3, 0.4) is 0 Å². The molecule has 0 aromatic rings. The molecule has 0 heterocycles. The topological polar surface area (TPSA) is 349 Å². The van der Waals surface area contributed by atoms with Gasteiger partial charge in [-0.05, 0) is 77.2 Å². The highest BCUT2D eigenvalue weighted by atomic mass is 16.3. The van der Waals surface area contributed by atoms with Gasteiger partial charge in [0.15, 0.2) is 11.6 Å². The van der Waals surface area contributed by atoms with E-state index in [4.69, 9.17) is 5.73 Å². The normalized spacial score (nSPS) is 20.1. The molecule has 15 N–H and O–H groups in total. The fourth-order valence-corrected chi connectivity index (χ4v) is 8.60. The number of unbranched alkanes of at least 4 members (excludes halogenated alkanes) is 1. The number of hydrogen-bond acceptors (Lipinski definition) is 17. The molecule has 0 radical (unpaired) electrons. The summed E-state index contributed by atoms with van der Waals surface area (Å²) in [6, 6.07) is -1.03. The number of amides is 1. The van der Waals surface area contributed by atoms with Crippen molar-refractivity contribution in [3.63, 3.8) is 0 Å². The molecule has 82 heavy (non-hydrogen) atoms. The van der Waals surface area contributed by atoms with Crippen molar-refractivity contribution < 1.29 is 80.5 Å². The number of rotatable bonds is 44. The van der Waals surface area contributed by atoms with Crippen LogP contribution in [0.2, 0.25) is 0 Å². The van der Waals surface area contributed by atoms with Crippen LogP contribution in [0.5, 0.6) is 0 Å². The van der Waals surface area contributed by atoms with Crippen LogP contribution >= 0.6 is 0 Å². The number of carbonyl (C=O) groups excluding carboxylic acids is 4. The molecular formula is C64H98N2O16. The predicted molar refractivity (Wildman–Crippen MR) is 319 cm³/mol. The van der Waals surface area contributed by atoms with E-state index in [1.165, 1.54) is 30.4 Å². The largest absolute Gasteiger partial charge is 0.393 e. The third-order valence-corrected chi connectivity index (χ3v) is 13.6. The van der Waals surface area contributed by atoms with E-state index >= 15 is 0 Å². The van der Waals surface area contributed by atoms with Crippen LogP contribution in [0.15, 0.2) is 146 Å². The van der Waals surface area contributed by atoms with Crippen LogP contribution in [-0.2, 0) is 19.2 Å². The van der Waals surface area contributed by atoms with Gasteiger partial charge in [0.1, 0.15) is 11.8 Å². The fourth-order valence-electron chi connectivity index (χ4n) is 8.60. The van der Waals surface area contributed by atoms with Crippen molar-refractivity contribution in [1.82, 2.24) is 5.32 Å². The van der Waals surface area contributed by atoms with Crippen molar-refractivity contribution >= 4 is 23.3 Å². The lowest BCUT2D eigenvalue weighted by atomic mass is 9.88. The van der Waals surface area contributed by atoms with Gasteiger partial charge in [-0.1, -0.05) is 161 Å². The molecule has 0 spiro atoms. The summed E-state index contributed by atoms with van der Waals surface area (Å²) in [5, 5.41) is 127. The molecule has 1 aliphatic rings. The average molecular weight is 1150 g/mol. The molecule has 1 amide bonds. The maximum absolute atomic E-state index is 12.8. The number of allylic oxidation sites excluding steroid dienone is 16. The summed E-state index contributed by atoms with van der Waals surface area (Å²) in [5.41, 5.74) is 5.43. The number of hydrogen-bond donors (Lipinski definition) is 14. The lowest BCUT2D eigenvalue weighted by Gasteiger charge is -2.25. The third-order valence-electron chi connectivity index (χ3n) is 13.6. The number of ketones is 3. The Labute approximate surface area is 486 Å². The number of carbonyl (C=O) groups is 4. The molecule has 1 fully saturated rings. The van der Waals surface area contributed by atoms with Gasteiger partial charge >= 0.3 is 0 Å². The monoisotopic (exact) mass is 1150 g/mol. The van der Waals surface area contributed by atoms with Crippen LogP contribution in [0.25, 0.3) is 0 Å². The maximum Gasteiger partial charge on any atom is 0.244 e. The van der Waals surface area contributed by atoms with Gasteiger partial charge in [-0.15, -0.1) is 0 Å². The van der Waals surface area contributed by atoms with Crippen molar-refractivity contribution in [2.45, 2.75) is 203 Å². The Morgan fingerprint density at radius 2 is 0.976 bits per heavy atom. The molecule has 0 aromatic heterocycles. The van der Waals surface area contributed by atoms with E-state index in [2.05, 4.69) is 5.32 Å². The number of nitrogens with one attached hydrogen (secondary N) is 1. The van der Waals surface area contributed by atoms with E-state index in [-0.39, 0.29) is 100 Å². The van der Waals surface area contributed by atoms with E-state index in [0.717, 1.165) is 12.8 Å². The number of aliphatic hydroxyl groups excluding tert-OH is 12. The highest BCUT2D eigenvalue weighted by molar-refractivity contribution is 6.14. The fraction of sp³-hybridized carbons (Fsp3) is 0.562. The molecule has 15 atom stereocenters. The standard InChI is InChI=1S/C64H98N2O16/c1-45(26-19-15-11-7-4-5-10-14-18-22-34-62(81)66-63-59(78)35-36-60(63)79)64(82)47(3)58(77)33-21-17-13-9-6-8-12-16-20-32-57(76)46(2)61(80)44-56(75)43-55(74)41-51(70)30-24-29-50(69)40-54(73)42-53(72)39-49(68)28-23-27-48(67)38-52(71)31-25-37-65/h4-10,12-14,16-24,26,28,30,33-34,45-58,63-64,67-77,82H,11,15,25,27,29,31-32,35-44,65H2,1-3H3,(H,66,81)/b7-4+,9-6?,10-5+,12-8?,17-13?,18-14?,20-16?,26-19?,28-23?,30-24?,33-21?,34-22?. The van der Waals surface area contributed by atoms with Gasteiger partial charge in [0.2, 0.25) is 5.91 Å². The Morgan fingerprint density at radius 3 is 1.54 bits per heavy atom. The van der Waals surface area contributed by atoms with Crippen molar-refractivity contribution in [1.29, 1.82) is 0 Å². The molecule has 18 nitrogen and oxygen atoms in total. The highest BCUT2D eigenvalue weighted by Gasteiger charge is 2.33. The summed E-state index contributed by atoms with van der Waals surface area (Å²) in [6.07, 6.45) is 31.9. The minimum atomic E-state index is -1.21. The van der Waals surface area contributed by atoms with Crippen molar-refractivity contribution in [3.05, 3.63) is 146 Å². The molecule has 1 saturated carbocycles. The van der Waals surface area contributed by atoms with Crippen molar-refractivity contribution in [3.8, 4) is 0 Å². The van der Waals surface area contributed by atoms with Gasteiger partial charge in [-0.3, -0.25) is 19.2 Å². The summed E-state index contributed by atoms with van der Waals surface area (Å²) in [7, 11) is 0. The number of aliphatic hydroxyl groups is 12. The molecule has 0 bridgehead atoms. The Bertz CT molecular complexity index is 2160.